The van der Waals surface area contributed by atoms with Gasteiger partial charge in [-0.05, 0) is 77.7 Å². The Morgan fingerprint density at radius 2 is 1.63 bits per heavy atom. The molecule has 4 heterocycles. The van der Waals surface area contributed by atoms with E-state index in [2.05, 4.69) is 80.9 Å². The lowest BCUT2D eigenvalue weighted by atomic mass is 9.98. The third kappa shape index (κ3) is 5.37. The highest BCUT2D eigenvalue weighted by atomic mass is 16.2. The number of likely N-dealkylation sites (tertiary alicyclic amines) is 1. The summed E-state index contributed by atoms with van der Waals surface area (Å²) in [5, 5.41) is 5.84. The number of nitrogens with one attached hydrogen (secondary N) is 3. The van der Waals surface area contributed by atoms with Gasteiger partial charge in [-0.25, -0.2) is 9.97 Å². The normalized spacial score (nSPS) is 19.5. The predicted molar refractivity (Wildman–Crippen MR) is 171 cm³/mol. The van der Waals surface area contributed by atoms with Crippen LogP contribution in [0.2, 0.25) is 0 Å². The molecule has 1 amide bonds. The smallest absolute Gasteiger partial charge is 0.240 e. The standard InChI is InChI=1S/C35H39N7O/c1-21(2)32(36)35(43)42-16-4-6-31(42)34-39-20-30(41-34)27-14-13-25-17-24(11-12-26(25)18-27)22-7-9-23(10-8-22)29-19-38-33(40-29)28-5-3-15-37-28/h7-14,17-21,28,31-32,37H,3-6,15-16,36H2,1-2H3,(H,38,40)(H,39,41)/t28-,31-,32-/m0/s1. The van der Waals surface area contributed by atoms with Crippen molar-refractivity contribution in [2.75, 3.05) is 13.1 Å². The number of H-pyrrole nitrogens is 2. The average Bonchev–Trinajstić information content (AvgIpc) is 3.86. The molecule has 3 aromatic carbocycles. The van der Waals surface area contributed by atoms with Gasteiger partial charge >= 0.3 is 0 Å². The van der Waals surface area contributed by atoms with Gasteiger partial charge in [0.05, 0.1) is 35.7 Å². The fourth-order valence-corrected chi connectivity index (χ4v) is 6.45. The molecule has 0 unspecified atom stereocenters. The summed E-state index contributed by atoms with van der Waals surface area (Å²) < 4.78 is 0. The van der Waals surface area contributed by atoms with E-state index in [4.69, 9.17) is 10.7 Å². The first kappa shape index (κ1) is 27.6. The highest BCUT2D eigenvalue weighted by Crippen LogP contribution is 2.34. The molecule has 0 radical (unpaired) electrons. The zero-order valence-electron chi connectivity index (χ0n) is 24.8. The second-order valence-corrected chi connectivity index (χ2v) is 12.3. The number of hydrogen-bond acceptors (Lipinski definition) is 5. The van der Waals surface area contributed by atoms with E-state index in [0.717, 1.165) is 71.9 Å². The van der Waals surface area contributed by atoms with Gasteiger partial charge in [0.1, 0.15) is 11.6 Å². The minimum atomic E-state index is -0.484. The van der Waals surface area contributed by atoms with Crippen molar-refractivity contribution in [1.82, 2.24) is 30.2 Å². The molecule has 2 fully saturated rings. The van der Waals surface area contributed by atoms with Crippen LogP contribution in [0.3, 0.4) is 0 Å². The number of rotatable bonds is 7. The highest BCUT2D eigenvalue weighted by Gasteiger charge is 2.35. The summed E-state index contributed by atoms with van der Waals surface area (Å²) in [6.45, 7) is 5.76. The van der Waals surface area contributed by atoms with E-state index in [9.17, 15) is 4.79 Å². The fourth-order valence-electron chi connectivity index (χ4n) is 6.45. The number of nitrogens with zero attached hydrogens (tertiary/aromatic N) is 3. The Hall–Kier alpha value is -4.27. The van der Waals surface area contributed by atoms with Crippen molar-refractivity contribution in [3.8, 4) is 33.6 Å². The Bertz CT molecular complexity index is 1750. The molecule has 2 saturated heterocycles. The number of hydrogen-bond donors (Lipinski definition) is 4. The van der Waals surface area contributed by atoms with E-state index in [1.807, 2.05) is 31.1 Å². The van der Waals surface area contributed by atoms with Crippen molar-refractivity contribution < 1.29 is 4.79 Å². The topological polar surface area (TPSA) is 116 Å². The molecule has 7 rings (SSSR count). The first-order valence-electron chi connectivity index (χ1n) is 15.5. The first-order valence-corrected chi connectivity index (χ1v) is 15.5. The van der Waals surface area contributed by atoms with E-state index in [-0.39, 0.29) is 17.9 Å². The van der Waals surface area contributed by atoms with Crippen LogP contribution in [0, 0.1) is 5.92 Å². The van der Waals surface area contributed by atoms with Crippen molar-refractivity contribution in [1.29, 1.82) is 0 Å². The zero-order chi connectivity index (χ0) is 29.5. The van der Waals surface area contributed by atoms with E-state index in [0.29, 0.717) is 6.04 Å². The summed E-state index contributed by atoms with van der Waals surface area (Å²) in [6.07, 6.45) is 8.07. The molecule has 0 saturated carbocycles. The molecule has 2 aliphatic heterocycles. The van der Waals surface area contributed by atoms with Crippen LogP contribution in [0.5, 0.6) is 0 Å². The Morgan fingerprint density at radius 1 is 0.907 bits per heavy atom. The van der Waals surface area contributed by atoms with Gasteiger partial charge in [-0.15, -0.1) is 0 Å². The van der Waals surface area contributed by atoms with Crippen LogP contribution >= 0.6 is 0 Å². The van der Waals surface area contributed by atoms with Gasteiger partial charge in [0.25, 0.3) is 0 Å². The summed E-state index contributed by atoms with van der Waals surface area (Å²) in [4.78, 5) is 31.3. The molecule has 5 aromatic rings. The van der Waals surface area contributed by atoms with Crippen molar-refractivity contribution in [2.45, 2.75) is 57.7 Å². The second-order valence-electron chi connectivity index (χ2n) is 12.3. The molecule has 43 heavy (non-hydrogen) atoms. The number of nitrogens with two attached hydrogens (primary N) is 1. The lowest BCUT2D eigenvalue weighted by Gasteiger charge is -2.27. The van der Waals surface area contributed by atoms with Gasteiger partial charge in [-0.1, -0.05) is 62.4 Å². The second kappa shape index (κ2) is 11.4. The third-order valence-corrected chi connectivity index (χ3v) is 9.10. The average molecular weight is 574 g/mol. The van der Waals surface area contributed by atoms with E-state index in [1.54, 1.807) is 0 Å². The van der Waals surface area contributed by atoms with Gasteiger partial charge in [0.15, 0.2) is 0 Å². The molecular weight excluding hydrogens is 534 g/mol. The molecule has 220 valence electrons. The first-order chi connectivity index (χ1) is 20.9. The largest absolute Gasteiger partial charge is 0.346 e. The van der Waals surface area contributed by atoms with Gasteiger partial charge in [0.2, 0.25) is 5.91 Å². The Labute approximate surface area is 252 Å². The number of aromatic amines is 2. The molecule has 0 aliphatic carbocycles. The van der Waals surface area contributed by atoms with E-state index in [1.165, 1.54) is 22.9 Å². The maximum absolute atomic E-state index is 13.0. The maximum atomic E-state index is 13.0. The summed E-state index contributed by atoms with van der Waals surface area (Å²) in [7, 11) is 0. The number of imidazole rings is 2. The Kier molecular flexibility index (Phi) is 7.33. The van der Waals surface area contributed by atoms with Crippen LogP contribution in [-0.4, -0.2) is 49.9 Å². The maximum Gasteiger partial charge on any atom is 0.240 e. The lowest BCUT2D eigenvalue weighted by molar-refractivity contribution is -0.134. The number of aromatic nitrogens is 4. The Balaban J connectivity index is 1.07. The SMILES string of the molecule is CC(C)[C@H](N)C(=O)N1CCC[C@H]1c1nc(-c2ccc3cc(-c4ccc(-c5cnc([C@@H]6CCCN6)[nH]5)cc4)ccc3c2)c[nH]1. The predicted octanol–water partition coefficient (Wildman–Crippen LogP) is 6.36. The quantitative estimate of drug-likeness (QED) is 0.181. The molecule has 5 N–H and O–H groups in total. The van der Waals surface area contributed by atoms with Crippen LogP contribution in [0.1, 0.15) is 63.3 Å². The minimum Gasteiger partial charge on any atom is -0.346 e. The summed E-state index contributed by atoms with van der Waals surface area (Å²) >= 11 is 0. The van der Waals surface area contributed by atoms with Gasteiger partial charge < -0.3 is 25.9 Å². The fraction of sp³-hybridized carbons (Fsp3) is 0.343. The minimum absolute atomic E-state index is 0.0129. The lowest BCUT2D eigenvalue weighted by Crippen LogP contribution is -2.46. The summed E-state index contributed by atoms with van der Waals surface area (Å²) in [6, 6.07) is 21.5. The summed E-state index contributed by atoms with van der Waals surface area (Å²) in [5.41, 5.74) is 12.7. The monoisotopic (exact) mass is 573 g/mol. The highest BCUT2D eigenvalue weighted by molar-refractivity contribution is 5.90. The number of carbonyl (C=O) groups is 1. The number of benzene rings is 3. The number of fused-ring (bicyclic) bond motifs is 1. The molecule has 3 atom stereocenters. The van der Waals surface area contributed by atoms with Crippen LogP contribution < -0.4 is 11.1 Å². The molecular formula is C35H39N7O. The van der Waals surface area contributed by atoms with Gasteiger partial charge in [0, 0.05) is 18.3 Å². The summed E-state index contributed by atoms with van der Waals surface area (Å²) in [5.74, 6) is 1.97. The molecule has 0 bridgehead atoms. The zero-order valence-corrected chi connectivity index (χ0v) is 24.8. The Morgan fingerprint density at radius 3 is 2.37 bits per heavy atom. The number of carbonyl (C=O) groups excluding carboxylic acids is 1. The van der Waals surface area contributed by atoms with Gasteiger partial charge in [-0.2, -0.15) is 0 Å². The van der Waals surface area contributed by atoms with Crippen molar-refractivity contribution in [3.63, 3.8) is 0 Å². The van der Waals surface area contributed by atoms with Crippen molar-refractivity contribution >= 4 is 16.7 Å². The third-order valence-electron chi connectivity index (χ3n) is 9.10. The van der Waals surface area contributed by atoms with E-state index < -0.39 is 6.04 Å². The molecule has 0 spiro atoms. The molecule has 2 aromatic heterocycles. The van der Waals surface area contributed by atoms with E-state index >= 15 is 0 Å². The van der Waals surface area contributed by atoms with Crippen LogP contribution in [-0.2, 0) is 4.79 Å². The van der Waals surface area contributed by atoms with Crippen LogP contribution in [0.4, 0.5) is 0 Å². The van der Waals surface area contributed by atoms with Crippen molar-refractivity contribution in [2.24, 2.45) is 11.7 Å². The van der Waals surface area contributed by atoms with Crippen molar-refractivity contribution in [3.05, 3.63) is 84.7 Å². The molecule has 2 aliphatic rings. The number of amides is 1. The van der Waals surface area contributed by atoms with Gasteiger partial charge in [-0.3, -0.25) is 4.79 Å². The van der Waals surface area contributed by atoms with Crippen LogP contribution in [0.15, 0.2) is 73.1 Å². The van der Waals surface area contributed by atoms with Crippen LogP contribution in [0.25, 0.3) is 44.4 Å². The molecule has 8 heteroatoms. The molecule has 8 nitrogen and oxygen atoms in total.